The van der Waals surface area contributed by atoms with Gasteiger partial charge in [0, 0.05) is 31.1 Å². The summed E-state index contributed by atoms with van der Waals surface area (Å²) in [5.74, 6) is -0.0784. The number of piperidine rings is 1. The minimum Gasteiger partial charge on any atom is -0.335 e. The maximum atomic E-state index is 12.3. The molecule has 1 aromatic rings. The predicted molar refractivity (Wildman–Crippen MR) is 81.0 cm³/mol. The molecule has 21 heavy (non-hydrogen) atoms. The Balaban J connectivity index is 2.04. The van der Waals surface area contributed by atoms with Crippen LogP contribution >= 0.6 is 0 Å². The minimum atomic E-state index is -0.314. The van der Waals surface area contributed by atoms with E-state index in [1.165, 1.54) is 5.56 Å². The molecule has 1 aliphatic heterocycles. The molecule has 0 aliphatic carbocycles. The fourth-order valence-corrected chi connectivity index (χ4v) is 2.99. The number of carbonyl (C=O) groups excluding carboxylic acids is 2. The second kappa shape index (κ2) is 6.87. The Hall–Kier alpha value is -1.65. The SMILES string of the molecule is CCc1cn[nH]c1[C@@H]1CCCN(C(=O)C(=O)CC(C)C)C1. The molecular formula is C16H25N3O2. The van der Waals surface area contributed by atoms with Crippen LogP contribution in [-0.2, 0) is 16.0 Å². The first-order chi connectivity index (χ1) is 10.0. The molecule has 1 aliphatic rings. The van der Waals surface area contributed by atoms with E-state index in [-0.39, 0.29) is 23.5 Å². The molecule has 1 saturated heterocycles. The van der Waals surface area contributed by atoms with E-state index in [4.69, 9.17) is 0 Å². The van der Waals surface area contributed by atoms with Gasteiger partial charge in [0.25, 0.3) is 5.91 Å². The Bertz CT molecular complexity index is 507. The highest BCUT2D eigenvalue weighted by molar-refractivity contribution is 6.36. The fourth-order valence-electron chi connectivity index (χ4n) is 2.99. The Morgan fingerprint density at radius 3 is 2.90 bits per heavy atom. The van der Waals surface area contributed by atoms with E-state index in [9.17, 15) is 9.59 Å². The molecule has 1 atom stereocenters. The lowest BCUT2D eigenvalue weighted by molar-refractivity contribution is -0.145. The molecule has 1 aromatic heterocycles. The van der Waals surface area contributed by atoms with E-state index >= 15 is 0 Å². The smallest absolute Gasteiger partial charge is 0.289 e. The Morgan fingerprint density at radius 2 is 2.24 bits per heavy atom. The van der Waals surface area contributed by atoms with Crippen LogP contribution in [0.3, 0.4) is 0 Å². The number of aryl methyl sites for hydroxylation is 1. The van der Waals surface area contributed by atoms with Gasteiger partial charge in [-0.25, -0.2) is 0 Å². The first-order valence-corrected chi connectivity index (χ1v) is 7.87. The van der Waals surface area contributed by atoms with Gasteiger partial charge in [0.15, 0.2) is 0 Å². The van der Waals surface area contributed by atoms with Gasteiger partial charge in [0.1, 0.15) is 0 Å². The molecule has 0 aromatic carbocycles. The summed E-state index contributed by atoms with van der Waals surface area (Å²) in [5.41, 5.74) is 2.34. The number of Topliss-reactive ketones (excluding diaryl/α,β-unsaturated/α-hetero) is 1. The third-order valence-corrected chi connectivity index (χ3v) is 4.08. The summed E-state index contributed by atoms with van der Waals surface area (Å²) < 4.78 is 0. The monoisotopic (exact) mass is 291 g/mol. The minimum absolute atomic E-state index is 0.223. The van der Waals surface area contributed by atoms with Crippen LogP contribution in [0.5, 0.6) is 0 Å². The van der Waals surface area contributed by atoms with Crippen LogP contribution in [0.4, 0.5) is 0 Å². The first kappa shape index (κ1) is 15.7. The van der Waals surface area contributed by atoms with Crippen LogP contribution in [-0.4, -0.2) is 39.9 Å². The van der Waals surface area contributed by atoms with Crippen LogP contribution in [0, 0.1) is 5.92 Å². The summed E-state index contributed by atoms with van der Waals surface area (Å²) >= 11 is 0. The van der Waals surface area contributed by atoms with Crippen molar-refractivity contribution in [3.8, 4) is 0 Å². The average Bonchev–Trinajstić information content (AvgIpc) is 2.94. The number of carbonyl (C=O) groups is 2. The standard InChI is InChI=1S/C16H25N3O2/c1-4-12-9-17-18-15(12)13-6-5-7-19(10-13)16(21)14(20)8-11(2)3/h9,11,13H,4-8,10H2,1-3H3,(H,17,18)/t13-/m1/s1. The largest absolute Gasteiger partial charge is 0.335 e. The van der Waals surface area contributed by atoms with Gasteiger partial charge < -0.3 is 4.90 Å². The lowest BCUT2D eigenvalue weighted by Gasteiger charge is -2.32. The average molecular weight is 291 g/mol. The maximum absolute atomic E-state index is 12.3. The molecular weight excluding hydrogens is 266 g/mol. The second-order valence-electron chi connectivity index (χ2n) is 6.27. The number of aromatic amines is 1. The number of aromatic nitrogens is 2. The van der Waals surface area contributed by atoms with Crippen LogP contribution in [0.25, 0.3) is 0 Å². The first-order valence-electron chi connectivity index (χ1n) is 7.87. The summed E-state index contributed by atoms with van der Waals surface area (Å²) in [6.07, 6.45) is 5.11. The van der Waals surface area contributed by atoms with Crippen LogP contribution in [0.15, 0.2) is 6.20 Å². The van der Waals surface area contributed by atoms with E-state index in [1.54, 1.807) is 4.90 Å². The third-order valence-electron chi connectivity index (χ3n) is 4.08. The number of hydrogen-bond donors (Lipinski definition) is 1. The van der Waals surface area contributed by atoms with Gasteiger partial charge in [-0.2, -0.15) is 5.10 Å². The predicted octanol–water partition coefficient (Wildman–Crippen LogP) is 2.29. The normalized spacial score (nSPS) is 19.0. The number of nitrogens with one attached hydrogen (secondary N) is 1. The number of rotatable bonds is 5. The number of likely N-dealkylation sites (tertiary alicyclic amines) is 1. The summed E-state index contributed by atoms with van der Waals surface area (Å²) in [6.45, 7) is 7.34. The van der Waals surface area contributed by atoms with Gasteiger partial charge in [-0.3, -0.25) is 14.7 Å². The fraction of sp³-hybridized carbons (Fsp3) is 0.688. The lowest BCUT2D eigenvalue weighted by Crippen LogP contribution is -2.43. The number of ketones is 1. The highest BCUT2D eigenvalue weighted by Gasteiger charge is 2.30. The molecule has 1 N–H and O–H groups in total. The van der Waals surface area contributed by atoms with Crippen molar-refractivity contribution in [1.29, 1.82) is 0 Å². The van der Waals surface area contributed by atoms with E-state index < -0.39 is 0 Å². The summed E-state index contributed by atoms with van der Waals surface area (Å²) in [7, 11) is 0. The molecule has 1 amide bonds. The van der Waals surface area contributed by atoms with Crippen molar-refractivity contribution >= 4 is 11.7 Å². The van der Waals surface area contributed by atoms with Crippen LogP contribution in [0.2, 0.25) is 0 Å². The zero-order chi connectivity index (χ0) is 15.4. The molecule has 2 rings (SSSR count). The van der Waals surface area contributed by atoms with Crippen molar-refractivity contribution in [2.75, 3.05) is 13.1 Å². The lowest BCUT2D eigenvalue weighted by atomic mass is 9.91. The number of amides is 1. The van der Waals surface area contributed by atoms with Gasteiger partial charge in [0.2, 0.25) is 5.78 Å². The van der Waals surface area contributed by atoms with Crippen molar-refractivity contribution in [3.63, 3.8) is 0 Å². The zero-order valence-corrected chi connectivity index (χ0v) is 13.2. The van der Waals surface area contributed by atoms with Gasteiger partial charge >= 0.3 is 0 Å². The van der Waals surface area contributed by atoms with E-state index in [0.717, 1.165) is 25.0 Å². The maximum Gasteiger partial charge on any atom is 0.289 e. The number of nitrogens with zero attached hydrogens (tertiary/aromatic N) is 2. The molecule has 0 radical (unpaired) electrons. The van der Waals surface area contributed by atoms with Gasteiger partial charge in [-0.05, 0) is 30.7 Å². The highest BCUT2D eigenvalue weighted by Crippen LogP contribution is 2.28. The Kier molecular flexibility index (Phi) is 5.15. The number of hydrogen-bond acceptors (Lipinski definition) is 3. The van der Waals surface area contributed by atoms with E-state index in [1.807, 2.05) is 20.0 Å². The summed E-state index contributed by atoms with van der Waals surface area (Å²) in [4.78, 5) is 25.9. The van der Waals surface area contributed by atoms with Gasteiger partial charge in [0.05, 0.1) is 6.20 Å². The van der Waals surface area contributed by atoms with E-state index in [0.29, 0.717) is 19.5 Å². The molecule has 5 nitrogen and oxygen atoms in total. The van der Waals surface area contributed by atoms with Crippen molar-refractivity contribution in [2.45, 2.75) is 52.4 Å². The molecule has 1 fully saturated rings. The van der Waals surface area contributed by atoms with Crippen molar-refractivity contribution in [1.82, 2.24) is 15.1 Å². The molecule has 0 spiro atoms. The number of H-pyrrole nitrogens is 1. The summed E-state index contributed by atoms with van der Waals surface area (Å²) in [6, 6.07) is 0. The van der Waals surface area contributed by atoms with Gasteiger partial charge in [-0.15, -0.1) is 0 Å². The molecule has 0 saturated carbocycles. The third kappa shape index (κ3) is 3.71. The highest BCUT2D eigenvalue weighted by atomic mass is 16.2. The molecule has 0 bridgehead atoms. The van der Waals surface area contributed by atoms with Crippen molar-refractivity contribution in [2.24, 2.45) is 5.92 Å². The van der Waals surface area contributed by atoms with Crippen LogP contribution in [0.1, 0.15) is 57.2 Å². The Morgan fingerprint density at radius 1 is 1.48 bits per heavy atom. The zero-order valence-electron chi connectivity index (χ0n) is 13.2. The van der Waals surface area contributed by atoms with Crippen molar-refractivity contribution in [3.05, 3.63) is 17.5 Å². The Labute approximate surface area is 126 Å². The molecule has 2 heterocycles. The molecule has 0 unspecified atom stereocenters. The summed E-state index contributed by atoms with van der Waals surface area (Å²) in [5, 5.41) is 7.19. The van der Waals surface area contributed by atoms with Crippen molar-refractivity contribution < 1.29 is 9.59 Å². The molecule has 116 valence electrons. The molecule has 5 heteroatoms. The quantitative estimate of drug-likeness (QED) is 0.846. The topological polar surface area (TPSA) is 66.1 Å². The van der Waals surface area contributed by atoms with Crippen LogP contribution < -0.4 is 0 Å². The van der Waals surface area contributed by atoms with Gasteiger partial charge in [-0.1, -0.05) is 20.8 Å². The second-order valence-corrected chi connectivity index (χ2v) is 6.27. The van der Waals surface area contributed by atoms with E-state index in [2.05, 4.69) is 17.1 Å².